The fourth-order valence-corrected chi connectivity index (χ4v) is 2.91. The van der Waals surface area contributed by atoms with Crippen LogP contribution >= 0.6 is 0 Å². The highest BCUT2D eigenvalue weighted by Crippen LogP contribution is 2.14. The summed E-state index contributed by atoms with van der Waals surface area (Å²) in [7, 11) is 1.61. The minimum atomic E-state index is -0.514. The van der Waals surface area contributed by atoms with Gasteiger partial charge in [-0.05, 0) is 43.5 Å². The molecule has 0 heterocycles. The lowest BCUT2D eigenvalue weighted by Crippen LogP contribution is -2.49. The number of carbonyl (C=O) groups is 2. The van der Waals surface area contributed by atoms with Crippen molar-refractivity contribution in [3.05, 3.63) is 65.7 Å². The molecule has 2 aromatic rings. The maximum Gasteiger partial charge on any atom is 0.242 e. The number of nitrogens with zero attached hydrogens (tertiary/aromatic N) is 1. The fraction of sp³-hybridized carbons (Fsp3) is 0.364. The highest BCUT2D eigenvalue weighted by Gasteiger charge is 2.25. The van der Waals surface area contributed by atoms with E-state index in [9.17, 15) is 9.59 Å². The van der Waals surface area contributed by atoms with E-state index in [0.717, 1.165) is 16.9 Å². The van der Waals surface area contributed by atoms with Gasteiger partial charge in [0.1, 0.15) is 11.8 Å². The molecule has 0 saturated carbocycles. The Morgan fingerprint density at radius 1 is 1.04 bits per heavy atom. The van der Waals surface area contributed by atoms with E-state index in [4.69, 9.17) is 4.74 Å². The quantitative estimate of drug-likeness (QED) is 0.740. The van der Waals surface area contributed by atoms with E-state index in [1.54, 1.807) is 18.9 Å². The Morgan fingerprint density at radius 3 is 2.30 bits per heavy atom. The van der Waals surface area contributed by atoms with Gasteiger partial charge in [-0.15, -0.1) is 0 Å². The van der Waals surface area contributed by atoms with Crippen LogP contribution in [0.4, 0.5) is 0 Å². The Morgan fingerprint density at radius 2 is 1.70 bits per heavy atom. The standard InChI is InChI=1S/C22H28N2O3/c1-4-23-22(26)17(2)24(15-14-18-8-6-5-7-9-18)21(25)16-19-10-12-20(27-3)13-11-19/h5-13,17H,4,14-16H2,1-3H3,(H,23,26)/t17-/m1/s1. The van der Waals surface area contributed by atoms with Gasteiger partial charge in [0.15, 0.2) is 0 Å². The molecule has 0 radical (unpaired) electrons. The second kappa shape index (κ2) is 10.4. The van der Waals surface area contributed by atoms with Gasteiger partial charge < -0.3 is 15.0 Å². The molecule has 2 amide bonds. The van der Waals surface area contributed by atoms with Gasteiger partial charge >= 0.3 is 0 Å². The molecule has 27 heavy (non-hydrogen) atoms. The van der Waals surface area contributed by atoms with Gasteiger partial charge in [-0.3, -0.25) is 9.59 Å². The molecule has 0 spiro atoms. The van der Waals surface area contributed by atoms with Crippen molar-refractivity contribution in [3.8, 4) is 5.75 Å². The Kier molecular flexibility index (Phi) is 7.86. The lowest BCUT2D eigenvalue weighted by Gasteiger charge is -2.28. The summed E-state index contributed by atoms with van der Waals surface area (Å²) < 4.78 is 5.16. The molecular formula is C22H28N2O3. The van der Waals surface area contributed by atoms with E-state index in [0.29, 0.717) is 19.5 Å². The van der Waals surface area contributed by atoms with Crippen LogP contribution in [0.15, 0.2) is 54.6 Å². The summed E-state index contributed by atoms with van der Waals surface area (Å²) in [5.41, 5.74) is 2.04. The molecule has 0 aliphatic heterocycles. The average molecular weight is 368 g/mol. The number of methoxy groups -OCH3 is 1. The Hall–Kier alpha value is -2.82. The Labute approximate surface area is 161 Å². The summed E-state index contributed by atoms with van der Waals surface area (Å²) in [5.74, 6) is 0.561. The van der Waals surface area contributed by atoms with Crippen molar-refractivity contribution in [2.45, 2.75) is 32.7 Å². The first-order valence-electron chi connectivity index (χ1n) is 9.29. The van der Waals surface area contributed by atoms with Crippen LogP contribution in [0.25, 0.3) is 0 Å². The topological polar surface area (TPSA) is 58.6 Å². The van der Waals surface area contributed by atoms with E-state index in [-0.39, 0.29) is 18.2 Å². The SMILES string of the molecule is CCNC(=O)[C@@H](C)N(CCc1ccccc1)C(=O)Cc1ccc(OC)cc1. The number of nitrogens with one attached hydrogen (secondary N) is 1. The molecule has 0 saturated heterocycles. The number of carbonyl (C=O) groups excluding carboxylic acids is 2. The van der Waals surface area contributed by atoms with Crippen LogP contribution in [0, 0.1) is 0 Å². The van der Waals surface area contributed by atoms with Crippen molar-refractivity contribution in [2.75, 3.05) is 20.2 Å². The van der Waals surface area contributed by atoms with Gasteiger partial charge in [-0.2, -0.15) is 0 Å². The predicted octanol–water partition coefficient (Wildman–Crippen LogP) is 2.83. The highest BCUT2D eigenvalue weighted by molar-refractivity contribution is 5.88. The second-order valence-corrected chi connectivity index (χ2v) is 6.42. The van der Waals surface area contributed by atoms with Gasteiger partial charge in [-0.1, -0.05) is 42.5 Å². The third-order valence-electron chi connectivity index (χ3n) is 4.52. The van der Waals surface area contributed by atoms with Crippen LogP contribution < -0.4 is 10.1 Å². The molecule has 5 nitrogen and oxygen atoms in total. The lowest BCUT2D eigenvalue weighted by atomic mass is 10.1. The van der Waals surface area contributed by atoms with Crippen LogP contribution in [-0.2, 0) is 22.4 Å². The monoisotopic (exact) mass is 368 g/mol. The summed E-state index contributed by atoms with van der Waals surface area (Å²) in [6, 6.07) is 16.9. The highest BCUT2D eigenvalue weighted by atomic mass is 16.5. The van der Waals surface area contributed by atoms with Crippen molar-refractivity contribution in [3.63, 3.8) is 0 Å². The molecular weight excluding hydrogens is 340 g/mol. The van der Waals surface area contributed by atoms with E-state index < -0.39 is 6.04 Å². The number of likely N-dealkylation sites (N-methyl/N-ethyl adjacent to an activating group) is 1. The Balaban J connectivity index is 2.10. The van der Waals surface area contributed by atoms with Crippen molar-refractivity contribution >= 4 is 11.8 Å². The maximum atomic E-state index is 13.0. The summed E-state index contributed by atoms with van der Waals surface area (Å²) in [4.78, 5) is 26.9. The number of ether oxygens (including phenoxy) is 1. The Bertz CT molecular complexity index is 729. The molecule has 0 aromatic heterocycles. The first-order valence-corrected chi connectivity index (χ1v) is 9.29. The van der Waals surface area contributed by atoms with E-state index in [1.165, 1.54) is 0 Å². The maximum absolute atomic E-state index is 13.0. The number of benzene rings is 2. The van der Waals surface area contributed by atoms with Gasteiger partial charge in [0, 0.05) is 13.1 Å². The summed E-state index contributed by atoms with van der Waals surface area (Å²) >= 11 is 0. The third kappa shape index (κ3) is 6.13. The largest absolute Gasteiger partial charge is 0.497 e. The van der Waals surface area contributed by atoms with Crippen LogP contribution in [0.3, 0.4) is 0 Å². The van der Waals surface area contributed by atoms with E-state index >= 15 is 0 Å². The van der Waals surface area contributed by atoms with Gasteiger partial charge in [0.05, 0.1) is 13.5 Å². The molecule has 0 aliphatic rings. The second-order valence-electron chi connectivity index (χ2n) is 6.42. The summed E-state index contributed by atoms with van der Waals surface area (Å²) in [5, 5.41) is 2.81. The fourth-order valence-electron chi connectivity index (χ4n) is 2.91. The third-order valence-corrected chi connectivity index (χ3v) is 4.52. The predicted molar refractivity (Wildman–Crippen MR) is 107 cm³/mol. The smallest absolute Gasteiger partial charge is 0.242 e. The normalized spacial score (nSPS) is 11.5. The molecule has 2 aromatic carbocycles. The zero-order chi connectivity index (χ0) is 19.6. The van der Waals surface area contributed by atoms with E-state index in [2.05, 4.69) is 5.32 Å². The number of amides is 2. The van der Waals surface area contributed by atoms with Gasteiger partial charge in [-0.25, -0.2) is 0 Å². The van der Waals surface area contributed by atoms with Crippen molar-refractivity contribution in [2.24, 2.45) is 0 Å². The molecule has 1 N–H and O–H groups in total. The number of hydrogen-bond donors (Lipinski definition) is 1. The van der Waals surface area contributed by atoms with E-state index in [1.807, 2.05) is 61.5 Å². The molecule has 5 heteroatoms. The minimum absolute atomic E-state index is 0.0603. The van der Waals surface area contributed by atoms with Crippen LogP contribution in [0.5, 0.6) is 5.75 Å². The van der Waals surface area contributed by atoms with Gasteiger partial charge in [0.2, 0.25) is 11.8 Å². The summed E-state index contributed by atoms with van der Waals surface area (Å²) in [6.45, 7) is 4.69. The molecule has 0 unspecified atom stereocenters. The van der Waals surface area contributed by atoms with Crippen LogP contribution in [0.1, 0.15) is 25.0 Å². The molecule has 0 fully saturated rings. The minimum Gasteiger partial charge on any atom is -0.497 e. The zero-order valence-electron chi connectivity index (χ0n) is 16.3. The van der Waals surface area contributed by atoms with Crippen LogP contribution in [-0.4, -0.2) is 43.0 Å². The van der Waals surface area contributed by atoms with Crippen molar-refractivity contribution < 1.29 is 14.3 Å². The first-order chi connectivity index (χ1) is 13.0. The molecule has 2 rings (SSSR count). The molecule has 144 valence electrons. The van der Waals surface area contributed by atoms with Crippen molar-refractivity contribution in [1.82, 2.24) is 10.2 Å². The zero-order valence-corrected chi connectivity index (χ0v) is 16.3. The number of hydrogen-bond acceptors (Lipinski definition) is 3. The van der Waals surface area contributed by atoms with Gasteiger partial charge in [0.25, 0.3) is 0 Å². The van der Waals surface area contributed by atoms with Crippen molar-refractivity contribution in [1.29, 1.82) is 0 Å². The number of rotatable bonds is 9. The first kappa shape index (κ1) is 20.5. The molecule has 0 bridgehead atoms. The van der Waals surface area contributed by atoms with Crippen LogP contribution in [0.2, 0.25) is 0 Å². The average Bonchev–Trinajstić information content (AvgIpc) is 2.69. The lowest BCUT2D eigenvalue weighted by molar-refractivity contribution is -0.139. The molecule has 0 aliphatic carbocycles. The summed E-state index contributed by atoms with van der Waals surface area (Å²) in [6.07, 6.45) is 0.960. The molecule has 1 atom stereocenters.